The summed E-state index contributed by atoms with van der Waals surface area (Å²) in [5, 5.41) is 5.76. The molecule has 0 aromatic heterocycles. The molecule has 0 aliphatic carbocycles. The molecule has 0 atom stereocenters. The van der Waals surface area contributed by atoms with E-state index in [1.807, 2.05) is 27.7 Å². The van der Waals surface area contributed by atoms with Crippen molar-refractivity contribution in [3.05, 3.63) is 23.8 Å². The summed E-state index contributed by atoms with van der Waals surface area (Å²) < 4.78 is 10.8. The Hall–Kier alpha value is -1.99. The van der Waals surface area contributed by atoms with Crippen molar-refractivity contribution in [3.8, 4) is 11.5 Å². The molecule has 0 bridgehead atoms. The summed E-state index contributed by atoms with van der Waals surface area (Å²) >= 11 is 0. The third kappa shape index (κ3) is 7.27. The number of methoxy groups -OCH3 is 1. The molecular weight excluding hydrogens is 370 g/mol. The minimum absolute atomic E-state index is 0. The average molecular weight is 402 g/mol. The Balaban J connectivity index is 0.00000676. The Morgan fingerprint density at radius 1 is 1.19 bits per heavy atom. The Kier molecular flexibility index (Phi) is 10.8. The molecule has 0 saturated carbocycles. The van der Waals surface area contributed by atoms with Gasteiger partial charge in [-0.2, -0.15) is 0 Å². The largest absolute Gasteiger partial charge is 0.493 e. The molecule has 0 unspecified atom stereocenters. The summed E-state index contributed by atoms with van der Waals surface area (Å²) in [6.07, 6.45) is 1.49. The fraction of sp³-hybridized carbons (Fsp3) is 0.579. The Labute approximate surface area is 167 Å². The van der Waals surface area contributed by atoms with E-state index in [2.05, 4.69) is 10.6 Å². The van der Waals surface area contributed by atoms with Gasteiger partial charge in [-0.05, 0) is 44.9 Å². The van der Waals surface area contributed by atoms with Crippen LogP contribution in [0.5, 0.6) is 11.5 Å². The molecule has 1 rings (SSSR count). The van der Waals surface area contributed by atoms with Crippen LogP contribution in [-0.4, -0.2) is 43.7 Å². The smallest absolute Gasteiger partial charge is 0.258 e. The number of carbonyl (C=O) groups is 2. The van der Waals surface area contributed by atoms with Crippen LogP contribution in [0.2, 0.25) is 0 Å². The summed E-state index contributed by atoms with van der Waals surface area (Å²) in [6.45, 7) is 7.99. The molecule has 27 heavy (non-hydrogen) atoms. The molecular formula is C19H32ClN3O4. The van der Waals surface area contributed by atoms with Crippen LogP contribution in [0.25, 0.3) is 0 Å². The highest BCUT2D eigenvalue weighted by Gasteiger charge is 2.27. The number of hydrogen-bond donors (Lipinski definition) is 3. The van der Waals surface area contributed by atoms with E-state index in [9.17, 15) is 9.59 Å². The molecule has 0 radical (unpaired) electrons. The zero-order valence-corrected chi connectivity index (χ0v) is 17.6. The maximum absolute atomic E-state index is 12.6. The van der Waals surface area contributed by atoms with Crippen LogP contribution < -0.4 is 25.8 Å². The van der Waals surface area contributed by atoms with Crippen molar-refractivity contribution in [2.45, 2.75) is 52.1 Å². The van der Waals surface area contributed by atoms with Gasteiger partial charge in [0.2, 0.25) is 0 Å². The van der Waals surface area contributed by atoms with Gasteiger partial charge >= 0.3 is 0 Å². The van der Waals surface area contributed by atoms with Crippen LogP contribution >= 0.6 is 12.4 Å². The summed E-state index contributed by atoms with van der Waals surface area (Å²) in [7, 11) is 1.49. The summed E-state index contributed by atoms with van der Waals surface area (Å²) in [6, 6.07) is 4.90. The summed E-state index contributed by atoms with van der Waals surface area (Å²) in [4.78, 5) is 24.3. The van der Waals surface area contributed by atoms with Gasteiger partial charge in [-0.1, -0.05) is 13.8 Å². The average Bonchev–Trinajstić information content (AvgIpc) is 2.63. The number of nitrogens with two attached hydrogens (primary N) is 1. The van der Waals surface area contributed by atoms with Gasteiger partial charge in [0.05, 0.1) is 12.6 Å². The van der Waals surface area contributed by atoms with Crippen LogP contribution in [0.15, 0.2) is 18.2 Å². The van der Waals surface area contributed by atoms with E-state index < -0.39 is 5.54 Å². The van der Waals surface area contributed by atoms with Crippen LogP contribution in [0, 0.1) is 0 Å². The first-order chi connectivity index (χ1) is 12.3. The second-order valence-electron chi connectivity index (χ2n) is 6.52. The number of nitrogens with one attached hydrogen (secondary N) is 2. The molecule has 1 aromatic rings. The highest BCUT2D eigenvalue weighted by Crippen LogP contribution is 2.28. The predicted octanol–water partition coefficient (Wildman–Crippen LogP) is 2.27. The Morgan fingerprint density at radius 2 is 1.81 bits per heavy atom. The van der Waals surface area contributed by atoms with Gasteiger partial charge in [0, 0.05) is 18.2 Å². The molecule has 2 amide bonds. The number of ether oxygens (including phenoxy) is 2. The van der Waals surface area contributed by atoms with Gasteiger partial charge in [0.1, 0.15) is 0 Å². The maximum atomic E-state index is 12.6. The number of rotatable bonds is 10. The van der Waals surface area contributed by atoms with Crippen molar-refractivity contribution in [2.75, 3.05) is 20.3 Å². The van der Waals surface area contributed by atoms with Gasteiger partial charge in [-0.15, -0.1) is 12.4 Å². The molecule has 0 fully saturated rings. The van der Waals surface area contributed by atoms with E-state index >= 15 is 0 Å². The monoisotopic (exact) mass is 401 g/mol. The number of hydrogen-bond acceptors (Lipinski definition) is 5. The van der Waals surface area contributed by atoms with Gasteiger partial charge in [0.15, 0.2) is 18.1 Å². The third-order valence-corrected chi connectivity index (χ3v) is 4.36. The van der Waals surface area contributed by atoms with Crippen LogP contribution in [0.4, 0.5) is 0 Å². The van der Waals surface area contributed by atoms with E-state index in [4.69, 9.17) is 15.2 Å². The first-order valence-electron chi connectivity index (χ1n) is 8.93. The van der Waals surface area contributed by atoms with Gasteiger partial charge in [0.25, 0.3) is 11.8 Å². The van der Waals surface area contributed by atoms with Crippen molar-refractivity contribution in [1.29, 1.82) is 0 Å². The molecule has 154 valence electrons. The minimum atomic E-state index is -0.422. The Bertz CT molecular complexity index is 611. The van der Waals surface area contributed by atoms with E-state index in [0.29, 0.717) is 23.6 Å². The molecule has 7 nitrogen and oxygen atoms in total. The SMILES string of the molecule is CCC(CC)(CN)NC(=O)c1ccc(OCC(=O)NC(C)C)c(OC)c1.Cl. The van der Waals surface area contributed by atoms with Crippen molar-refractivity contribution in [2.24, 2.45) is 5.73 Å². The van der Waals surface area contributed by atoms with Crippen LogP contribution in [0.1, 0.15) is 50.9 Å². The number of amides is 2. The van der Waals surface area contributed by atoms with E-state index in [0.717, 1.165) is 12.8 Å². The zero-order chi connectivity index (χ0) is 19.7. The molecule has 0 spiro atoms. The van der Waals surface area contributed by atoms with Crippen molar-refractivity contribution in [3.63, 3.8) is 0 Å². The standard InChI is InChI=1S/C19H31N3O4.ClH/c1-6-19(7-2,12-20)22-18(24)14-8-9-15(16(10-14)25-5)26-11-17(23)21-13(3)4;/h8-10,13H,6-7,11-12,20H2,1-5H3,(H,21,23)(H,22,24);1H. The highest BCUT2D eigenvalue weighted by molar-refractivity contribution is 5.95. The quantitative estimate of drug-likeness (QED) is 0.558. The van der Waals surface area contributed by atoms with Crippen molar-refractivity contribution < 1.29 is 19.1 Å². The minimum Gasteiger partial charge on any atom is -0.493 e. The third-order valence-electron chi connectivity index (χ3n) is 4.36. The fourth-order valence-electron chi connectivity index (χ4n) is 2.51. The number of carbonyl (C=O) groups excluding carboxylic acids is 2. The van der Waals surface area contributed by atoms with Gasteiger partial charge < -0.3 is 25.8 Å². The predicted molar refractivity (Wildman–Crippen MR) is 109 cm³/mol. The number of benzene rings is 1. The maximum Gasteiger partial charge on any atom is 0.258 e. The van der Waals surface area contributed by atoms with E-state index in [1.54, 1.807) is 18.2 Å². The number of halogens is 1. The molecule has 8 heteroatoms. The lowest BCUT2D eigenvalue weighted by Gasteiger charge is -2.31. The summed E-state index contributed by atoms with van der Waals surface area (Å²) in [5.74, 6) is 0.351. The molecule has 0 aliphatic heterocycles. The Morgan fingerprint density at radius 3 is 2.30 bits per heavy atom. The highest BCUT2D eigenvalue weighted by atomic mass is 35.5. The lowest BCUT2D eigenvalue weighted by Crippen LogP contribution is -2.52. The van der Waals surface area contributed by atoms with E-state index in [-0.39, 0.29) is 36.9 Å². The lowest BCUT2D eigenvalue weighted by molar-refractivity contribution is -0.123. The molecule has 1 aromatic carbocycles. The lowest BCUT2D eigenvalue weighted by atomic mass is 9.92. The van der Waals surface area contributed by atoms with Crippen LogP contribution in [-0.2, 0) is 4.79 Å². The second kappa shape index (κ2) is 11.7. The first-order valence-corrected chi connectivity index (χ1v) is 8.93. The molecule has 4 N–H and O–H groups in total. The molecule has 0 saturated heterocycles. The molecule has 0 heterocycles. The zero-order valence-electron chi connectivity index (χ0n) is 16.8. The fourth-order valence-corrected chi connectivity index (χ4v) is 2.51. The second-order valence-corrected chi connectivity index (χ2v) is 6.52. The summed E-state index contributed by atoms with van der Waals surface area (Å²) in [5.41, 5.74) is 5.86. The van der Waals surface area contributed by atoms with Gasteiger partial charge in [-0.25, -0.2) is 0 Å². The molecule has 0 aliphatic rings. The van der Waals surface area contributed by atoms with Crippen molar-refractivity contribution >= 4 is 24.2 Å². The van der Waals surface area contributed by atoms with Crippen LogP contribution in [0.3, 0.4) is 0 Å². The van der Waals surface area contributed by atoms with Crippen molar-refractivity contribution in [1.82, 2.24) is 10.6 Å². The normalized spacial score (nSPS) is 10.8. The van der Waals surface area contributed by atoms with Gasteiger partial charge in [-0.3, -0.25) is 9.59 Å². The van der Waals surface area contributed by atoms with E-state index in [1.165, 1.54) is 7.11 Å². The first kappa shape index (κ1) is 25.0. The topological polar surface area (TPSA) is 103 Å².